The van der Waals surface area contributed by atoms with Crippen LogP contribution < -0.4 is 5.73 Å². The number of benzene rings is 1. The topological polar surface area (TPSA) is 56.7 Å². The molecule has 2 aromatic rings. The molecule has 2 rings (SSSR count). The average molecular weight is 402 g/mol. The fourth-order valence-electron chi connectivity index (χ4n) is 2.05. The van der Waals surface area contributed by atoms with Gasteiger partial charge in [-0.25, -0.2) is 9.67 Å². The lowest BCUT2D eigenvalue weighted by Crippen LogP contribution is -2.18. The number of nitrogens with zero attached hydrogens (tertiary/aromatic N) is 3. The molecule has 0 radical (unpaired) electrons. The first-order valence-electron chi connectivity index (χ1n) is 6.54. The minimum absolute atomic E-state index is 0.104. The van der Waals surface area contributed by atoms with Crippen LogP contribution >= 0.6 is 31.9 Å². The summed E-state index contributed by atoms with van der Waals surface area (Å²) in [5.41, 5.74) is 7.39. The van der Waals surface area contributed by atoms with Gasteiger partial charge in [0, 0.05) is 28.0 Å². The molecule has 1 aromatic heterocycles. The van der Waals surface area contributed by atoms with Gasteiger partial charge in [-0.05, 0) is 23.6 Å². The molecule has 0 fully saturated rings. The number of nitrogens with two attached hydrogens (primary N) is 1. The molecule has 0 saturated carbocycles. The molecule has 1 heterocycles. The highest BCUT2D eigenvalue weighted by Crippen LogP contribution is 2.27. The van der Waals surface area contributed by atoms with Crippen molar-refractivity contribution >= 4 is 31.9 Å². The van der Waals surface area contributed by atoms with Crippen molar-refractivity contribution in [2.75, 3.05) is 0 Å². The Morgan fingerprint density at radius 3 is 2.70 bits per heavy atom. The van der Waals surface area contributed by atoms with Gasteiger partial charge < -0.3 is 5.73 Å². The van der Waals surface area contributed by atoms with Gasteiger partial charge in [0.05, 0.1) is 0 Å². The molecule has 1 atom stereocenters. The first-order chi connectivity index (χ1) is 9.47. The highest BCUT2D eigenvalue weighted by Gasteiger charge is 2.15. The maximum absolute atomic E-state index is 6.31. The second kappa shape index (κ2) is 6.83. The molecule has 1 unspecified atom stereocenters. The van der Waals surface area contributed by atoms with Gasteiger partial charge in [-0.15, -0.1) is 0 Å². The Balaban J connectivity index is 2.15. The van der Waals surface area contributed by atoms with Crippen molar-refractivity contribution in [3.63, 3.8) is 0 Å². The quantitative estimate of drug-likeness (QED) is 0.830. The fraction of sp³-hybridized carbons (Fsp3) is 0.429. The molecular formula is C14H18Br2N4. The Bertz CT molecular complexity index is 580. The zero-order valence-electron chi connectivity index (χ0n) is 11.6. The zero-order chi connectivity index (χ0) is 14.7. The number of halogens is 2. The van der Waals surface area contributed by atoms with Gasteiger partial charge in [-0.1, -0.05) is 51.8 Å². The lowest BCUT2D eigenvalue weighted by atomic mass is 10.0. The first kappa shape index (κ1) is 15.7. The van der Waals surface area contributed by atoms with Crippen LogP contribution in [-0.4, -0.2) is 14.8 Å². The van der Waals surface area contributed by atoms with Gasteiger partial charge in [0.1, 0.15) is 12.2 Å². The Morgan fingerprint density at radius 2 is 2.05 bits per heavy atom. The molecule has 0 spiro atoms. The third-order valence-corrected chi connectivity index (χ3v) is 4.18. The van der Waals surface area contributed by atoms with Gasteiger partial charge in [0.15, 0.2) is 0 Å². The zero-order valence-corrected chi connectivity index (χ0v) is 14.7. The molecule has 0 bridgehead atoms. The van der Waals surface area contributed by atoms with Crippen molar-refractivity contribution in [2.45, 2.75) is 32.9 Å². The maximum Gasteiger partial charge on any atom is 0.138 e. The minimum atomic E-state index is -0.104. The molecule has 0 saturated heterocycles. The van der Waals surface area contributed by atoms with E-state index >= 15 is 0 Å². The molecule has 0 aliphatic carbocycles. The second-order valence-electron chi connectivity index (χ2n) is 5.23. The molecule has 20 heavy (non-hydrogen) atoms. The number of aromatic nitrogens is 3. The summed E-state index contributed by atoms with van der Waals surface area (Å²) >= 11 is 7.01. The summed E-state index contributed by atoms with van der Waals surface area (Å²) in [5, 5.41) is 4.27. The molecule has 0 aliphatic rings. The van der Waals surface area contributed by atoms with E-state index in [1.807, 2.05) is 22.9 Å². The molecule has 6 heteroatoms. The van der Waals surface area contributed by atoms with E-state index in [1.54, 1.807) is 6.33 Å². The van der Waals surface area contributed by atoms with Crippen LogP contribution in [0.4, 0.5) is 0 Å². The predicted octanol–water partition coefficient (Wildman–Crippen LogP) is 3.70. The van der Waals surface area contributed by atoms with Crippen LogP contribution in [0.1, 0.15) is 31.3 Å². The standard InChI is InChI=1S/C14H18Br2N4/c1-9(2)7-20-14(18-8-19-20)6-13(17)11-4-3-10(15)5-12(11)16/h3-5,8-9,13H,6-7,17H2,1-2H3. The van der Waals surface area contributed by atoms with Crippen molar-refractivity contribution in [3.8, 4) is 0 Å². The van der Waals surface area contributed by atoms with E-state index in [2.05, 4.69) is 55.8 Å². The van der Waals surface area contributed by atoms with Crippen LogP contribution in [0, 0.1) is 5.92 Å². The molecular weight excluding hydrogens is 384 g/mol. The van der Waals surface area contributed by atoms with Gasteiger partial charge >= 0.3 is 0 Å². The van der Waals surface area contributed by atoms with Crippen molar-refractivity contribution in [3.05, 3.63) is 44.9 Å². The van der Waals surface area contributed by atoms with Crippen molar-refractivity contribution in [2.24, 2.45) is 11.7 Å². The Hall–Kier alpha value is -0.720. The van der Waals surface area contributed by atoms with Gasteiger partial charge in [0.2, 0.25) is 0 Å². The normalized spacial score (nSPS) is 12.9. The molecule has 4 nitrogen and oxygen atoms in total. The summed E-state index contributed by atoms with van der Waals surface area (Å²) in [5.74, 6) is 1.46. The number of hydrogen-bond acceptors (Lipinski definition) is 3. The van der Waals surface area contributed by atoms with Crippen molar-refractivity contribution in [1.82, 2.24) is 14.8 Å². The van der Waals surface area contributed by atoms with Gasteiger partial charge in [-0.2, -0.15) is 5.10 Å². The predicted molar refractivity (Wildman–Crippen MR) is 87.3 cm³/mol. The molecule has 0 aliphatic heterocycles. The van der Waals surface area contributed by atoms with E-state index in [0.717, 1.165) is 26.9 Å². The smallest absolute Gasteiger partial charge is 0.138 e. The summed E-state index contributed by atoms with van der Waals surface area (Å²) in [7, 11) is 0. The van der Waals surface area contributed by atoms with Crippen LogP contribution in [0.3, 0.4) is 0 Å². The van der Waals surface area contributed by atoms with E-state index in [-0.39, 0.29) is 6.04 Å². The van der Waals surface area contributed by atoms with Gasteiger partial charge in [-0.3, -0.25) is 0 Å². The van der Waals surface area contributed by atoms with E-state index in [4.69, 9.17) is 5.73 Å². The van der Waals surface area contributed by atoms with Crippen LogP contribution in [0.2, 0.25) is 0 Å². The average Bonchev–Trinajstić information content (AvgIpc) is 2.75. The highest BCUT2D eigenvalue weighted by molar-refractivity contribution is 9.11. The first-order valence-corrected chi connectivity index (χ1v) is 8.13. The number of hydrogen-bond donors (Lipinski definition) is 1. The van der Waals surface area contributed by atoms with Crippen LogP contribution in [0.15, 0.2) is 33.5 Å². The van der Waals surface area contributed by atoms with Crippen LogP contribution in [0.5, 0.6) is 0 Å². The van der Waals surface area contributed by atoms with Crippen molar-refractivity contribution in [1.29, 1.82) is 0 Å². The highest BCUT2D eigenvalue weighted by atomic mass is 79.9. The van der Waals surface area contributed by atoms with E-state index in [1.165, 1.54) is 0 Å². The largest absolute Gasteiger partial charge is 0.324 e. The fourth-order valence-corrected chi connectivity index (χ4v) is 3.39. The summed E-state index contributed by atoms with van der Waals surface area (Å²) in [6, 6.07) is 5.93. The van der Waals surface area contributed by atoms with E-state index < -0.39 is 0 Å². The number of rotatable bonds is 5. The molecule has 1 aromatic carbocycles. The summed E-state index contributed by atoms with van der Waals surface area (Å²) in [6.45, 7) is 5.19. The summed E-state index contributed by atoms with van der Waals surface area (Å²) in [4.78, 5) is 4.33. The lowest BCUT2D eigenvalue weighted by molar-refractivity contribution is 0.459. The van der Waals surface area contributed by atoms with Gasteiger partial charge in [0.25, 0.3) is 0 Å². The van der Waals surface area contributed by atoms with Crippen LogP contribution in [0.25, 0.3) is 0 Å². The maximum atomic E-state index is 6.31. The summed E-state index contributed by atoms with van der Waals surface area (Å²) < 4.78 is 3.98. The summed E-state index contributed by atoms with van der Waals surface area (Å²) in [6.07, 6.45) is 2.27. The van der Waals surface area contributed by atoms with E-state index in [0.29, 0.717) is 12.3 Å². The lowest BCUT2D eigenvalue weighted by Gasteiger charge is -2.15. The Labute approximate surface area is 136 Å². The molecule has 0 amide bonds. The SMILES string of the molecule is CC(C)Cn1ncnc1CC(N)c1ccc(Br)cc1Br. The Morgan fingerprint density at radius 1 is 1.30 bits per heavy atom. The Kier molecular flexibility index (Phi) is 5.35. The second-order valence-corrected chi connectivity index (χ2v) is 7.00. The van der Waals surface area contributed by atoms with E-state index in [9.17, 15) is 0 Å². The van der Waals surface area contributed by atoms with Crippen LogP contribution in [-0.2, 0) is 13.0 Å². The molecule has 108 valence electrons. The minimum Gasteiger partial charge on any atom is -0.324 e. The van der Waals surface area contributed by atoms with Crippen molar-refractivity contribution < 1.29 is 0 Å². The monoisotopic (exact) mass is 400 g/mol. The third-order valence-electron chi connectivity index (χ3n) is 3.00. The molecule has 2 N–H and O–H groups in total. The third kappa shape index (κ3) is 3.90.